The third kappa shape index (κ3) is 3.07. The molecule has 0 radical (unpaired) electrons. The highest BCUT2D eigenvalue weighted by atomic mass is 19.4. The second-order valence-corrected chi connectivity index (χ2v) is 5.68. The summed E-state index contributed by atoms with van der Waals surface area (Å²) in [6.07, 6.45) is -1.18. The number of aliphatic carboxylic acids is 1. The van der Waals surface area contributed by atoms with Gasteiger partial charge in [0.15, 0.2) is 0 Å². The van der Waals surface area contributed by atoms with Crippen molar-refractivity contribution >= 4 is 17.6 Å². The summed E-state index contributed by atoms with van der Waals surface area (Å²) in [5.41, 5.74) is 0. The Labute approximate surface area is 124 Å². The summed E-state index contributed by atoms with van der Waals surface area (Å²) in [7, 11) is 0. The molecule has 0 amide bonds. The van der Waals surface area contributed by atoms with Gasteiger partial charge in [0.25, 0.3) is 0 Å². The van der Waals surface area contributed by atoms with Crippen molar-refractivity contribution in [2.45, 2.75) is 25.1 Å². The molecule has 120 valence electrons. The van der Waals surface area contributed by atoms with Crippen LogP contribution in [0.4, 0.5) is 24.8 Å². The molecule has 0 bridgehead atoms. The van der Waals surface area contributed by atoms with Gasteiger partial charge in [0.1, 0.15) is 18.0 Å². The number of carboxylic acids is 1. The predicted molar refractivity (Wildman–Crippen MR) is 71.6 cm³/mol. The SMILES string of the molecule is O=C(O)[C@@H]1CN(c2cc(NC3CC3)ncn2)C[C@H]1C(F)(F)F. The van der Waals surface area contributed by atoms with Crippen molar-refractivity contribution < 1.29 is 23.1 Å². The largest absolute Gasteiger partial charge is 0.481 e. The van der Waals surface area contributed by atoms with E-state index in [-0.39, 0.29) is 6.54 Å². The lowest BCUT2D eigenvalue weighted by molar-refractivity contribution is -0.187. The second-order valence-electron chi connectivity index (χ2n) is 5.68. The number of halogens is 3. The number of nitrogens with zero attached hydrogens (tertiary/aromatic N) is 3. The molecular formula is C13H15F3N4O2. The van der Waals surface area contributed by atoms with Gasteiger partial charge >= 0.3 is 12.1 Å². The van der Waals surface area contributed by atoms with Gasteiger partial charge in [-0.15, -0.1) is 0 Å². The monoisotopic (exact) mass is 316 g/mol. The first-order chi connectivity index (χ1) is 10.3. The minimum atomic E-state index is -4.54. The fraction of sp³-hybridized carbons (Fsp3) is 0.615. The van der Waals surface area contributed by atoms with E-state index >= 15 is 0 Å². The topological polar surface area (TPSA) is 78.4 Å². The van der Waals surface area contributed by atoms with Crippen molar-refractivity contribution in [1.29, 1.82) is 0 Å². The molecule has 1 aromatic heterocycles. The number of anilines is 2. The molecule has 0 unspecified atom stereocenters. The van der Waals surface area contributed by atoms with E-state index in [9.17, 15) is 18.0 Å². The van der Waals surface area contributed by atoms with Crippen LogP contribution in [-0.2, 0) is 4.79 Å². The molecule has 2 heterocycles. The lowest BCUT2D eigenvalue weighted by Gasteiger charge is -2.19. The number of carbonyl (C=O) groups is 1. The quantitative estimate of drug-likeness (QED) is 0.881. The molecule has 3 rings (SSSR count). The molecule has 1 saturated carbocycles. The van der Waals surface area contributed by atoms with Gasteiger partial charge in [-0.05, 0) is 12.8 Å². The Bertz CT molecular complexity index is 577. The number of nitrogens with one attached hydrogen (secondary N) is 1. The Morgan fingerprint density at radius 2 is 2.05 bits per heavy atom. The summed E-state index contributed by atoms with van der Waals surface area (Å²) in [6, 6.07) is 1.92. The maximum absolute atomic E-state index is 13.0. The summed E-state index contributed by atoms with van der Waals surface area (Å²) < 4.78 is 39.0. The highest BCUT2D eigenvalue weighted by Gasteiger charge is 2.52. The number of hydrogen-bond donors (Lipinski definition) is 2. The normalized spacial score (nSPS) is 25.3. The third-order valence-corrected chi connectivity index (χ3v) is 3.96. The fourth-order valence-electron chi connectivity index (χ4n) is 2.61. The molecule has 1 aliphatic heterocycles. The maximum atomic E-state index is 13.0. The zero-order valence-electron chi connectivity index (χ0n) is 11.5. The van der Waals surface area contributed by atoms with E-state index in [1.165, 1.54) is 11.2 Å². The Balaban J connectivity index is 1.78. The van der Waals surface area contributed by atoms with Gasteiger partial charge in [-0.1, -0.05) is 0 Å². The van der Waals surface area contributed by atoms with E-state index in [1.54, 1.807) is 6.07 Å². The van der Waals surface area contributed by atoms with Crippen LogP contribution < -0.4 is 10.2 Å². The summed E-state index contributed by atoms with van der Waals surface area (Å²) in [5, 5.41) is 12.2. The molecule has 0 spiro atoms. The first kappa shape index (κ1) is 14.9. The van der Waals surface area contributed by atoms with Crippen molar-refractivity contribution in [2.75, 3.05) is 23.3 Å². The lowest BCUT2D eigenvalue weighted by atomic mass is 9.96. The van der Waals surface area contributed by atoms with Gasteiger partial charge in [0.2, 0.25) is 0 Å². The van der Waals surface area contributed by atoms with Gasteiger partial charge in [0, 0.05) is 25.2 Å². The van der Waals surface area contributed by atoms with Gasteiger partial charge in [0.05, 0.1) is 11.8 Å². The van der Waals surface area contributed by atoms with Crippen LogP contribution in [0.5, 0.6) is 0 Å². The van der Waals surface area contributed by atoms with Crippen LogP contribution >= 0.6 is 0 Å². The van der Waals surface area contributed by atoms with E-state index in [1.807, 2.05) is 0 Å². The zero-order valence-corrected chi connectivity index (χ0v) is 11.5. The summed E-state index contributed by atoms with van der Waals surface area (Å²) >= 11 is 0. The highest BCUT2D eigenvalue weighted by Crippen LogP contribution is 2.39. The van der Waals surface area contributed by atoms with Crippen LogP contribution in [0.25, 0.3) is 0 Å². The summed E-state index contributed by atoms with van der Waals surface area (Å²) in [5.74, 6) is -3.93. The Kier molecular flexibility index (Phi) is 3.57. The molecule has 1 saturated heterocycles. The van der Waals surface area contributed by atoms with Crippen molar-refractivity contribution in [3.05, 3.63) is 12.4 Å². The van der Waals surface area contributed by atoms with Crippen LogP contribution in [-0.4, -0.2) is 46.4 Å². The molecule has 6 nitrogen and oxygen atoms in total. The van der Waals surface area contributed by atoms with E-state index in [0.29, 0.717) is 17.7 Å². The Hall–Kier alpha value is -2.06. The highest BCUT2D eigenvalue weighted by molar-refractivity contribution is 5.72. The smallest absolute Gasteiger partial charge is 0.394 e. The lowest BCUT2D eigenvalue weighted by Crippen LogP contribution is -2.33. The van der Waals surface area contributed by atoms with Gasteiger partial charge in [-0.25, -0.2) is 9.97 Å². The predicted octanol–water partition coefficient (Wildman–Crippen LogP) is 1.75. The first-order valence-corrected chi connectivity index (χ1v) is 6.97. The average molecular weight is 316 g/mol. The average Bonchev–Trinajstić information content (AvgIpc) is 3.11. The van der Waals surface area contributed by atoms with Gasteiger partial charge in [-0.2, -0.15) is 13.2 Å². The van der Waals surface area contributed by atoms with Gasteiger partial charge in [-0.3, -0.25) is 4.79 Å². The van der Waals surface area contributed by atoms with Crippen molar-refractivity contribution in [2.24, 2.45) is 11.8 Å². The number of hydrogen-bond acceptors (Lipinski definition) is 5. The second kappa shape index (κ2) is 5.29. The molecule has 2 N–H and O–H groups in total. The van der Waals surface area contributed by atoms with E-state index in [0.717, 1.165) is 12.8 Å². The number of carboxylic acid groups (broad SMARTS) is 1. The molecule has 2 fully saturated rings. The number of alkyl halides is 3. The zero-order chi connectivity index (χ0) is 15.9. The Morgan fingerprint density at radius 1 is 1.32 bits per heavy atom. The number of aromatic nitrogens is 2. The van der Waals surface area contributed by atoms with Crippen molar-refractivity contribution in [3.63, 3.8) is 0 Å². The van der Waals surface area contributed by atoms with E-state index in [4.69, 9.17) is 5.11 Å². The molecular weight excluding hydrogens is 301 g/mol. The van der Waals surface area contributed by atoms with Crippen molar-refractivity contribution in [3.8, 4) is 0 Å². The fourth-order valence-corrected chi connectivity index (χ4v) is 2.61. The number of rotatable bonds is 4. The minimum absolute atomic E-state index is 0.209. The van der Waals surface area contributed by atoms with Crippen LogP contribution in [0.3, 0.4) is 0 Å². The molecule has 0 aromatic carbocycles. The van der Waals surface area contributed by atoms with Crippen molar-refractivity contribution in [1.82, 2.24) is 9.97 Å². The molecule has 1 aliphatic carbocycles. The van der Waals surface area contributed by atoms with Crippen LogP contribution in [0.2, 0.25) is 0 Å². The molecule has 22 heavy (non-hydrogen) atoms. The van der Waals surface area contributed by atoms with Crippen LogP contribution in [0.15, 0.2) is 12.4 Å². The van der Waals surface area contributed by atoms with Crippen LogP contribution in [0, 0.1) is 11.8 Å². The minimum Gasteiger partial charge on any atom is -0.481 e. The molecule has 2 atom stereocenters. The molecule has 2 aliphatic rings. The molecule has 1 aromatic rings. The summed E-state index contributed by atoms with van der Waals surface area (Å²) in [4.78, 5) is 20.4. The van der Waals surface area contributed by atoms with E-state index in [2.05, 4.69) is 15.3 Å². The molecule has 9 heteroatoms. The van der Waals surface area contributed by atoms with E-state index < -0.39 is 30.5 Å². The van der Waals surface area contributed by atoms with Gasteiger partial charge < -0.3 is 15.3 Å². The third-order valence-electron chi connectivity index (χ3n) is 3.96. The Morgan fingerprint density at radius 3 is 2.59 bits per heavy atom. The summed E-state index contributed by atoms with van der Waals surface area (Å²) in [6.45, 7) is -0.611. The van der Waals surface area contributed by atoms with Crippen LogP contribution in [0.1, 0.15) is 12.8 Å². The maximum Gasteiger partial charge on any atom is 0.394 e. The standard InChI is InChI=1S/C13H15F3N4O2/c14-13(15,16)9-5-20(4-8(9)12(21)22)11-3-10(17-6-18-11)19-7-1-2-7/h3,6-9H,1-2,4-5H2,(H,21,22)(H,17,18,19)/t8-,9-/m1/s1. The first-order valence-electron chi connectivity index (χ1n) is 6.97.